The van der Waals surface area contributed by atoms with Gasteiger partial charge in [0.1, 0.15) is 0 Å². The van der Waals surface area contributed by atoms with Gasteiger partial charge in [0.05, 0.1) is 16.3 Å². The van der Waals surface area contributed by atoms with Crippen LogP contribution in [0.4, 0.5) is 18.9 Å². The van der Waals surface area contributed by atoms with Crippen molar-refractivity contribution in [1.82, 2.24) is 5.16 Å². The van der Waals surface area contributed by atoms with Gasteiger partial charge < -0.3 is 9.84 Å². The molecule has 3 aromatic rings. The minimum absolute atomic E-state index is 0.0198. The van der Waals surface area contributed by atoms with E-state index in [1.54, 1.807) is 12.1 Å². The summed E-state index contributed by atoms with van der Waals surface area (Å²) < 4.78 is 43.5. The quantitative estimate of drug-likeness (QED) is 0.645. The number of aromatic nitrogens is 1. The number of halogens is 4. The molecule has 0 atom stereocenters. The van der Waals surface area contributed by atoms with E-state index in [0.717, 1.165) is 29.3 Å². The van der Waals surface area contributed by atoms with Crippen molar-refractivity contribution >= 4 is 23.2 Å². The molecule has 26 heavy (non-hydrogen) atoms. The Hall–Kier alpha value is -2.80. The third-order valence-corrected chi connectivity index (χ3v) is 3.95. The molecule has 0 aliphatic carbocycles. The molecular weight excluding hydrogens is 369 g/mol. The molecule has 1 N–H and O–H groups in total. The summed E-state index contributed by atoms with van der Waals surface area (Å²) in [6.45, 7) is 1.93. The van der Waals surface area contributed by atoms with Crippen LogP contribution in [0.15, 0.2) is 53.1 Å². The van der Waals surface area contributed by atoms with Gasteiger partial charge in [0.15, 0.2) is 11.5 Å². The lowest BCUT2D eigenvalue weighted by Gasteiger charge is -2.10. The summed E-state index contributed by atoms with van der Waals surface area (Å²) in [7, 11) is 0. The maximum Gasteiger partial charge on any atom is 0.416 e. The highest BCUT2D eigenvalue weighted by atomic mass is 35.5. The average molecular weight is 381 g/mol. The van der Waals surface area contributed by atoms with Crippen LogP contribution in [0, 0.1) is 6.92 Å². The Labute approximate surface area is 151 Å². The Kier molecular flexibility index (Phi) is 4.73. The fraction of sp³-hybridized carbons (Fsp3) is 0.111. The number of amides is 1. The summed E-state index contributed by atoms with van der Waals surface area (Å²) >= 11 is 5.87. The molecule has 3 rings (SSSR count). The summed E-state index contributed by atoms with van der Waals surface area (Å²) in [4.78, 5) is 12.3. The fourth-order valence-corrected chi connectivity index (χ4v) is 2.38. The topological polar surface area (TPSA) is 55.1 Å². The Morgan fingerprint density at radius 2 is 1.81 bits per heavy atom. The van der Waals surface area contributed by atoms with E-state index < -0.39 is 17.6 Å². The second kappa shape index (κ2) is 6.84. The molecule has 1 aromatic heterocycles. The Bertz CT molecular complexity index is 950. The summed E-state index contributed by atoms with van der Waals surface area (Å²) in [5.74, 6) is -0.362. The largest absolute Gasteiger partial charge is 0.416 e. The molecule has 0 unspecified atom stereocenters. The van der Waals surface area contributed by atoms with Crippen LogP contribution in [-0.4, -0.2) is 11.1 Å². The first-order chi connectivity index (χ1) is 12.2. The third-order valence-electron chi connectivity index (χ3n) is 3.62. The van der Waals surface area contributed by atoms with E-state index in [4.69, 9.17) is 16.1 Å². The van der Waals surface area contributed by atoms with E-state index in [1.807, 2.05) is 19.1 Å². The number of aryl methyl sites for hydroxylation is 1. The zero-order valence-electron chi connectivity index (χ0n) is 13.4. The minimum Gasteiger partial charge on any atom is -0.355 e. The fourth-order valence-electron chi connectivity index (χ4n) is 2.22. The normalized spacial score (nSPS) is 11.4. The summed E-state index contributed by atoms with van der Waals surface area (Å²) in [6, 6.07) is 11.4. The van der Waals surface area contributed by atoms with Crippen LogP contribution in [0.25, 0.3) is 11.3 Å². The number of nitrogens with one attached hydrogen (secondary N) is 1. The Morgan fingerprint density at radius 3 is 2.46 bits per heavy atom. The smallest absolute Gasteiger partial charge is 0.355 e. The number of benzene rings is 2. The van der Waals surface area contributed by atoms with E-state index in [1.165, 1.54) is 6.07 Å². The molecule has 0 radical (unpaired) electrons. The summed E-state index contributed by atoms with van der Waals surface area (Å²) in [6.07, 6.45) is -4.55. The third kappa shape index (κ3) is 3.88. The number of rotatable bonds is 3. The molecular formula is C18H12ClF3N2O2. The van der Waals surface area contributed by atoms with Crippen LogP contribution in [-0.2, 0) is 6.18 Å². The van der Waals surface area contributed by atoms with Gasteiger partial charge in [-0.2, -0.15) is 13.2 Å². The molecule has 0 saturated carbocycles. The molecule has 134 valence electrons. The Morgan fingerprint density at radius 1 is 1.12 bits per heavy atom. The number of nitrogens with zero attached hydrogens (tertiary/aromatic N) is 1. The molecule has 0 aliphatic rings. The zero-order chi connectivity index (χ0) is 18.9. The molecule has 1 amide bonds. The van der Waals surface area contributed by atoms with Crippen LogP contribution in [0.3, 0.4) is 0 Å². The second-order valence-electron chi connectivity index (χ2n) is 5.59. The lowest BCUT2D eigenvalue weighted by atomic mass is 10.1. The molecule has 0 fully saturated rings. The molecule has 4 nitrogen and oxygen atoms in total. The van der Waals surface area contributed by atoms with Gasteiger partial charge in [0.2, 0.25) is 0 Å². The van der Waals surface area contributed by atoms with Gasteiger partial charge in [-0.3, -0.25) is 4.79 Å². The van der Waals surface area contributed by atoms with Gasteiger partial charge >= 0.3 is 6.18 Å². The first-order valence-electron chi connectivity index (χ1n) is 7.46. The van der Waals surface area contributed by atoms with Gasteiger partial charge in [0.25, 0.3) is 5.91 Å². The predicted octanol–water partition coefficient (Wildman–Crippen LogP) is 5.57. The van der Waals surface area contributed by atoms with Crippen molar-refractivity contribution in [3.05, 3.63) is 70.4 Å². The molecule has 8 heteroatoms. The minimum atomic E-state index is -4.55. The van der Waals surface area contributed by atoms with Crippen LogP contribution in [0.5, 0.6) is 0 Å². The van der Waals surface area contributed by atoms with Crippen LogP contribution >= 0.6 is 11.6 Å². The molecule has 0 bridgehead atoms. The number of carbonyl (C=O) groups excluding carboxylic acids is 1. The summed E-state index contributed by atoms with van der Waals surface area (Å²) in [5, 5.41) is 5.96. The lowest BCUT2D eigenvalue weighted by Crippen LogP contribution is -2.14. The van der Waals surface area contributed by atoms with Crippen molar-refractivity contribution in [2.45, 2.75) is 13.1 Å². The van der Waals surface area contributed by atoms with Crippen molar-refractivity contribution in [2.75, 3.05) is 5.32 Å². The number of hydrogen-bond acceptors (Lipinski definition) is 3. The lowest BCUT2D eigenvalue weighted by molar-refractivity contribution is -0.137. The SMILES string of the molecule is Cc1ccc(-c2cc(C(=O)Nc3cc(C(F)(F)F)ccc3Cl)no2)cc1. The molecule has 0 saturated heterocycles. The van der Waals surface area contributed by atoms with Crippen molar-refractivity contribution in [3.63, 3.8) is 0 Å². The van der Waals surface area contributed by atoms with E-state index in [-0.39, 0.29) is 16.4 Å². The van der Waals surface area contributed by atoms with Crippen LogP contribution < -0.4 is 5.32 Å². The summed E-state index contributed by atoms with van der Waals surface area (Å²) in [5.41, 5.74) is 0.628. The standard InChI is InChI=1S/C18H12ClF3N2O2/c1-10-2-4-11(5-3-10)16-9-15(24-26-16)17(25)23-14-8-12(18(20,21)22)6-7-13(14)19/h2-9H,1H3,(H,23,25). The predicted molar refractivity (Wildman–Crippen MR) is 91.1 cm³/mol. The second-order valence-corrected chi connectivity index (χ2v) is 6.00. The average Bonchev–Trinajstić information content (AvgIpc) is 3.06. The van der Waals surface area contributed by atoms with E-state index in [2.05, 4.69) is 10.5 Å². The number of hydrogen-bond donors (Lipinski definition) is 1. The zero-order valence-corrected chi connectivity index (χ0v) is 14.2. The monoisotopic (exact) mass is 380 g/mol. The van der Waals surface area contributed by atoms with Crippen molar-refractivity contribution in [1.29, 1.82) is 0 Å². The number of anilines is 1. The van der Waals surface area contributed by atoms with Gasteiger partial charge in [-0.15, -0.1) is 0 Å². The molecule has 1 heterocycles. The van der Waals surface area contributed by atoms with E-state index in [0.29, 0.717) is 5.76 Å². The maximum absolute atomic E-state index is 12.8. The molecule has 0 aliphatic heterocycles. The number of carbonyl (C=O) groups is 1. The molecule has 2 aromatic carbocycles. The van der Waals surface area contributed by atoms with Gasteiger partial charge in [-0.25, -0.2) is 0 Å². The highest BCUT2D eigenvalue weighted by molar-refractivity contribution is 6.33. The van der Waals surface area contributed by atoms with E-state index in [9.17, 15) is 18.0 Å². The Balaban J connectivity index is 1.82. The number of alkyl halides is 3. The van der Waals surface area contributed by atoms with Crippen molar-refractivity contribution in [2.24, 2.45) is 0 Å². The highest BCUT2D eigenvalue weighted by Gasteiger charge is 2.31. The van der Waals surface area contributed by atoms with Gasteiger partial charge in [-0.05, 0) is 25.1 Å². The van der Waals surface area contributed by atoms with Crippen molar-refractivity contribution in [3.8, 4) is 11.3 Å². The van der Waals surface area contributed by atoms with Crippen molar-refractivity contribution < 1.29 is 22.5 Å². The van der Waals surface area contributed by atoms with Gasteiger partial charge in [0, 0.05) is 11.6 Å². The first kappa shape index (κ1) is 18.0. The van der Waals surface area contributed by atoms with Gasteiger partial charge in [-0.1, -0.05) is 46.6 Å². The van der Waals surface area contributed by atoms with Crippen LogP contribution in [0.1, 0.15) is 21.6 Å². The first-order valence-corrected chi connectivity index (χ1v) is 7.84. The van der Waals surface area contributed by atoms with Crippen LogP contribution in [0.2, 0.25) is 5.02 Å². The maximum atomic E-state index is 12.8. The molecule has 0 spiro atoms. The van der Waals surface area contributed by atoms with E-state index >= 15 is 0 Å². The highest BCUT2D eigenvalue weighted by Crippen LogP contribution is 2.34.